The second-order valence-electron chi connectivity index (χ2n) is 4.02. The Morgan fingerprint density at radius 3 is 2.83 bits per heavy atom. The van der Waals surface area contributed by atoms with Crippen molar-refractivity contribution < 1.29 is 9.63 Å². The molecule has 0 spiro atoms. The lowest BCUT2D eigenvalue weighted by atomic mass is 10.1. The van der Waals surface area contributed by atoms with Crippen molar-refractivity contribution >= 4 is 23.0 Å². The molecule has 0 heterocycles. The molecule has 3 heteroatoms. The normalized spacial score (nSPS) is 10.9. The lowest BCUT2D eigenvalue weighted by Crippen LogP contribution is -1.98. The molecule has 0 radical (unpaired) electrons. The number of carbonyl (C=O) groups excluding carboxylic acids is 1. The van der Waals surface area contributed by atoms with E-state index in [1.54, 1.807) is 6.21 Å². The Labute approximate surface area is 106 Å². The Kier molecular flexibility index (Phi) is 4.07. The summed E-state index contributed by atoms with van der Waals surface area (Å²) in [6.07, 6.45) is 2.74. The molecule has 2 aromatic rings. The second-order valence-corrected chi connectivity index (χ2v) is 4.02. The first-order chi connectivity index (χ1) is 8.81. The molecule has 3 nitrogen and oxygen atoms in total. The van der Waals surface area contributed by atoms with Crippen LogP contribution in [0.15, 0.2) is 47.6 Å². The zero-order valence-corrected chi connectivity index (χ0v) is 10.3. The summed E-state index contributed by atoms with van der Waals surface area (Å²) in [4.78, 5) is 15.9. The molecule has 2 rings (SSSR count). The molecule has 2 aromatic carbocycles. The molecule has 0 aliphatic heterocycles. The topological polar surface area (TPSA) is 38.7 Å². The van der Waals surface area contributed by atoms with Crippen LogP contribution in [0.1, 0.15) is 25.3 Å². The van der Waals surface area contributed by atoms with Crippen LogP contribution in [0.4, 0.5) is 0 Å². The minimum atomic E-state index is -0.297. The third kappa shape index (κ3) is 2.94. The van der Waals surface area contributed by atoms with Gasteiger partial charge in [0, 0.05) is 12.0 Å². The van der Waals surface area contributed by atoms with Gasteiger partial charge in [0.15, 0.2) is 0 Å². The summed E-state index contributed by atoms with van der Waals surface area (Å²) >= 11 is 0. The molecule has 92 valence electrons. The highest BCUT2D eigenvalue weighted by molar-refractivity contribution is 5.99. The van der Waals surface area contributed by atoms with Crippen LogP contribution >= 0.6 is 0 Å². The Hall–Kier alpha value is -2.16. The fraction of sp³-hybridized carbons (Fsp3) is 0.200. The minimum Gasteiger partial charge on any atom is -0.318 e. The molecule has 0 aromatic heterocycles. The van der Waals surface area contributed by atoms with Crippen LogP contribution in [0.3, 0.4) is 0 Å². The monoisotopic (exact) mass is 241 g/mol. The van der Waals surface area contributed by atoms with E-state index in [9.17, 15) is 4.79 Å². The summed E-state index contributed by atoms with van der Waals surface area (Å²) in [5, 5.41) is 5.97. The van der Waals surface area contributed by atoms with E-state index < -0.39 is 0 Å². The number of oxime groups is 1. The molecule has 0 saturated carbocycles. The Bertz CT molecular complexity index is 570. The molecule has 0 aliphatic carbocycles. The smallest absolute Gasteiger partial charge is 0.318 e. The van der Waals surface area contributed by atoms with Gasteiger partial charge in [0.1, 0.15) is 0 Å². The Morgan fingerprint density at radius 2 is 2.00 bits per heavy atom. The summed E-state index contributed by atoms with van der Waals surface area (Å²) in [5.74, 6) is -0.297. The third-order valence-electron chi connectivity index (χ3n) is 2.62. The highest BCUT2D eigenvalue weighted by Crippen LogP contribution is 2.16. The van der Waals surface area contributed by atoms with Crippen molar-refractivity contribution in [2.24, 2.45) is 5.16 Å². The zero-order chi connectivity index (χ0) is 12.8. The van der Waals surface area contributed by atoms with Gasteiger partial charge in [0.05, 0.1) is 6.21 Å². The van der Waals surface area contributed by atoms with Gasteiger partial charge in [0.2, 0.25) is 0 Å². The van der Waals surface area contributed by atoms with Crippen molar-refractivity contribution in [3.05, 3.63) is 48.0 Å². The number of hydrogen-bond donors (Lipinski definition) is 0. The van der Waals surface area contributed by atoms with E-state index in [-0.39, 0.29) is 5.97 Å². The standard InChI is InChI=1S/C15H15NO2/c1-2-6-15(17)18-16-11-13-9-5-8-12-7-3-4-10-14(12)13/h3-5,7-11H,2,6H2,1H3/b16-11+. The van der Waals surface area contributed by atoms with Crippen LogP contribution in [0, 0.1) is 0 Å². The van der Waals surface area contributed by atoms with Crippen molar-refractivity contribution in [3.8, 4) is 0 Å². The quantitative estimate of drug-likeness (QED) is 0.466. The van der Waals surface area contributed by atoms with Gasteiger partial charge in [-0.1, -0.05) is 54.5 Å². The van der Waals surface area contributed by atoms with Crippen molar-refractivity contribution in [1.29, 1.82) is 0 Å². The van der Waals surface area contributed by atoms with Gasteiger partial charge in [-0.15, -0.1) is 0 Å². The molecule has 0 fully saturated rings. The first-order valence-electron chi connectivity index (χ1n) is 6.02. The fourth-order valence-electron chi connectivity index (χ4n) is 1.75. The number of rotatable bonds is 4. The lowest BCUT2D eigenvalue weighted by Gasteiger charge is -2.00. The Morgan fingerprint density at radius 1 is 1.22 bits per heavy atom. The average molecular weight is 241 g/mol. The summed E-state index contributed by atoms with van der Waals surface area (Å²) in [7, 11) is 0. The molecule has 0 unspecified atom stereocenters. The number of nitrogens with zero attached hydrogens (tertiary/aromatic N) is 1. The number of benzene rings is 2. The van der Waals surface area contributed by atoms with Crippen molar-refractivity contribution in [2.75, 3.05) is 0 Å². The molecular formula is C15H15NO2. The van der Waals surface area contributed by atoms with E-state index in [0.717, 1.165) is 22.8 Å². The van der Waals surface area contributed by atoms with Crippen LogP contribution in [-0.2, 0) is 9.63 Å². The van der Waals surface area contributed by atoms with Crippen LogP contribution in [0.5, 0.6) is 0 Å². The van der Waals surface area contributed by atoms with Crippen LogP contribution < -0.4 is 0 Å². The van der Waals surface area contributed by atoms with Crippen LogP contribution in [0.2, 0.25) is 0 Å². The second kappa shape index (κ2) is 5.96. The van der Waals surface area contributed by atoms with Crippen LogP contribution in [0.25, 0.3) is 10.8 Å². The van der Waals surface area contributed by atoms with E-state index in [0.29, 0.717) is 6.42 Å². The first kappa shape index (κ1) is 12.3. The van der Waals surface area contributed by atoms with Gasteiger partial charge in [0.25, 0.3) is 0 Å². The maximum atomic E-state index is 11.2. The molecule has 0 amide bonds. The predicted octanol–water partition coefficient (Wildman–Crippen LogP) is 3.52. The molecule has 0 saturated heterocycles. The average Bonchev–Trinajstić information content (AvgIpc) is 2.39. The number of hydrogen-bond acceptors (Lipinski definition) is 3. The zero-order valence-electron chi connectivity index (χ0n) is 10.3. The maximum Gasteiger partial charge on any atom is 0.335 e. The molecule has 0 bridgehead atoms. The SMILES string of the molecule is CCCC(=O)O/N=C/c1cccc2ccccc12. The number of carbonyl (C=O) groups is 1. The van der Waals surface area contributed by atoms with E-state index in [4.69, 9.17) is 4.84 Å². The summed E-state index contributed by atoms with van der Waals surface area (Å²) in [6, 6.07) is 14.0. The molecular weight excluding hydrogens is 226 g/mol. The molecule has 18 heavy (non-hydrogen) atoms. The van der Waals surface area contributed by atoms with E-state index in [2.05, 4.69) is 5.16 Å². The van der Waals surface area contributed by atoms with Gasteiger partial charge in [-0.25, -0.2) is 4.79 Å². The van der Waals surface area contributed by atoms with Crippen molar-refractivity contribution in [2.45, 2.75) is 19.8 Å². The summed E-state index contributed by atoms with van der Waals surface area (Å²) in [5.41, 5.74) is 0.942. The van der Waals surface area contributed by atoms with E-state index >= 15 is 0 Å². The van der Waals surface area contributed by atoms with Gasteiger partial charge >= 0.3 is 5.97 Å². The van der Waals surface area contributed by atoms with Gasteiger partial charge in [-0.05, 0) is 17.2 Å². The summed E-state index contributed by atoms with van der Waals surface area (Å²) in [6.45, 7) is 1.93. The van der Waals surface area contributed by atoms with Gasteiger partial charge in [-0.3, -0.25) is 0 Å². The van der Waals surface area contributed by atoms with Crippen LogP contribution in [-0.4, -0.2) is 12.2 Å². The largest absolute Gasteiger partial charge is 0.335 e. The maximum absolute atomic E-state index is 11.2. The highest BCUT2D eigenvalue weighted by Gasteiger charge is 2.00. The van der Waals surface area contributed by atoms with E-state index in [1.165, 1.54) is 0 Å². The van der Waals surface area contributed by atoms with E-state index in [1.807, 2.05) is 49.4 Å². The van der Waals surface area contributed by atoms with Gasteiger partial charge < -0.3 is 4.84 Å². The molecule has 0 atom stereocenters. The summed E-state index contributed by atoms with van der Waals surface area (Å²) < 4.78 is 0. The fourth-order valence-corrected chi connectivity index (χ4v) is 1.75. The predicted molar refractivity (Wildman–Crippen MR) is 72.5 cm³/mol. The third-order valence-corrected chi connectivity index (χ3v) is 2.62. The molecule has 0 aliphatic rings. The number of fused-ring (bicyclic) bond motifs is 1. The molecule has 0 N–H and O–H groups in total. The minimum absolute atomic E-state index is 0.297. The van der Waals surface area contributed by atoms with Gasteiger partial charge in [-0.2, -0.15) is 0 Å². The Balaban J connectivity index is 2.16. The highest BCUT2D eigenvalue weighted by atomic mass is 16.7. The first-order valence-corrected chi connectivity index (χ1v) is 6.02. The lowest BCUT2D eigenvalue weighted by molar-refractivity contribution is -0.143. The van der Waals surface area contributed by atoms with Crippen molar-refractivity contribution in [3.63, 3.8) is 0 Å². The van der Waals surface area contributed by atoms with Crippen molar-refractivity contribution in [1.82, 2.24) is 0 Å².